The van der Waals surface area contributed by atoms with Gasteiger partial charge in [-0.25, -0.2) is 0 Å². The Morgan fingerprint density at radius 3 is 2.60 bits per heavy atom. The lowest BCUT2D eigenvalue weighted by Crippen LogP contribution is -2.25. The molecule has 0 saturated carbocycles. The lowest BCUT2D eigenvalue weighted by Gasteiger charge is -2.09. The topological polar surface area (TPSA) is 33.3 Å². The van der Waals surface area contributed by atoms with Crippen molar-refractivity contribution < 1.29 is 4.74 Å². The van der Waals surface area contributed by atoms with Crippen LogP contribution in [0.3, 0.4) is 0 Å². The number of hydrogen-bond acceptors (Lipinski definition) is 3. The zero-order valence-electron chi connectivity index (χ0n) is 8.73. The summed E-state index contributed by atoms with van der Waals surface area (Å²) in [6.45, 7) is 1.39. The van der Waals surface area contributed by atoms with Crippen molar-refractivity contribution >= 4 is 23.2 Å². The van der Waals surface area contributed by atoms with Crippen LogP contribution in [0.2, 0.25) is 10.0 Å². The van der Waals surface area contributed by atoms with E-state index in [2.05, 4.69) is 10.6 Å². The molecule has 0 amide bonds. The van der Waals surface area contributed by atoms with Gasteiger partial charge in [0.15, 0.2) is 0 Å². The highest BCUT2D eigenvalue weighted by atomic mass is 35.5. The predicted octanol–water partition coefficient (Wildman–Crippen LogP) is 2.27. The summed E-state index contributed by atoms with van der Waals surface area (Å²) in [5, 5.41) is 7.37. The third-order valence-corrected chi connectivity index (χ3v) is 2.59. The Labute approximate surface area is 99.7 Å². The molecule has 0 saturated heterocycles. The molecule has 2 N–H and O–H groups in total. The summed E-state index contributed by atoms with van der Waals surface area (Å²) in [4.78, 5) is 0. The summed E-state index contributed by atoms with van der Waals surface area (Å²) in [6.07, 6.45) is 0. The van der Waals surface area contributed by atoms with Crippen molar-refractivity contribution in [1.82, 2.24) is 10.6 Å². The smallest absolute Gasteiger partial charge is 0.138 e. The number of rotatable bonds is 5. The number of halogens is 2. The van der Waals surface area contributed by atoms with Crippen LogP contribution in [0.5, 0.6) is 5.75 Å². The van der Waals surface area contributed by atoms with Gasteiger partial charge in [0.1, 0.15) is 5.75 Å². The van der Waals surface area contributed by atoms with Crippen LogP contribution in [0.4, 0.5) is 0 Å². The van der Waals surface area contributed by atoms with Gasteiger partial charge in [-0.1, -0.05) is 23.2 Å². The van der Waals surface area contributed by atoms with Crippen LogP contribution < -0.4 is 15.4 Å². The molecular weight excluding hydrogens is 235 g/mol. The molecule has 1 aromatic carbocycles. The van der Waals surface area contributed by atoms with Gasteiger partial charge in [0, 0.05) is 24.3 Å². The van der Waals surface area contributed by atoms with Gasteiger partial charge in [0.2, 0.25) is 0 Å². The van der Waals surface area contributed by atoms with Crippen LogP contribution >= 0.6 is 23.2 Å². The quantitative estimate of drug-likeness (QED) is 0.620. The van der Waals surface area contributed by atoms with Crippen molar-refractivity contribution in [1.29, 1.82) is 0 Å². The van der Waals surface area contributed by atoms with E-state index in [0.717, 1.165) is 12.2 Å². The second-order valence-corrected chi connectivity index (χ2v) is 3.85. The molecule has 0 aliphatic heterocycles. The highest BCUT2D eigenvalue weighted by Gasteiger charge is 2.06. The van der Waals surface area contributed by atoms with E-state index in [1.807, 2.05) is 13.1 Å². The molecule has 0 spiro atoms. The molecule has 15 heavy (non-hydrogen) atoms. The normalized spacial score (nSPS) is 10.4. The lowest BCUT2D eigenvalue weighted by atomic mass is 10.2. The van der Waals surface area contributed by atoms with E-state index in [9.17, 15) is 0 Å². The van der Waals surface area contributed by atoms with E-state index in [0.29, 0.717) is 22.3 Å². The van der Waals surface area contributed by atoms with Crippen molar-refractivity contribution in [3.63, 3.8) is 0 Å². The van der Waals surface area contributed by atoms with Gasteiger partial charge in [-0.15, -0.1) is 0 Å². The van der Waals surface area contributed by atoms with Gasteiger partial charge in [-0.3, -0.25) is 0 Å². The molecule has 0 aliphatic carbocycles. The Balaban J connectivity index is 2.76. The number of benzene rings is 1. The van der Waals surface area contributed by atoms with Crippen LogP contribution in [0, 0.1) is 0 Å². The molecule has 0 heterocycles. The van der Waals surface area contributed by atoms with E-state index in [1.54, 1.807) is 13.2 Å². The Morgan fingerprint density at radius 1 is 1.27 bits per heavy atom. The molecule has 0 unspecified atom stereocenters. The van der Waals surface area contributed by atoms with E-state index < -0.39 is 0 Å². The minimum absolute atomic E-state index is 0.572. The summed E-state index contributed by atoms with van der Waals surface area (Å²) in [7, 11) is 3.44. The van der Waals surface area contributed by atoms with Gasteiger partial charge >= 0.3 is 0 Å². The van der Waals surface area contributed by atoms with Gasteiger partial charge in [-0.2, -0.15) is 0 Å². The first kappa shape index (κ1) is 12.6. The van der Waals surface area contributed by atoms with Crippen molar-refractivity contribution in [3.8, 4) is 5.75 Å². The number of hydrogen-bond donors (Lipinski definition) is 2. The monoisotopic (exact) mass is 248 g/mol. The zero-order valence-corrected chi connectivity index (χ0v) is 10.2. The molecule has 0 aliphatic rings. The van der Waals surface area contributed by atoms with Gasteiger partial charge in [-0.05, 0) is 18.7 Å². The Bertz CT molecular complexity index is 331. The Kier molecular flexibility index (Phi) is 5.19. The first-order chi connectivity index (χ1) is 7.19. The third kappa shape index (κ3) is 3.54. The molecule has 3 nitrogen and oxygen atoms in total. The molecule has 1 rings (SSSR count). The molecule has 1 aromatic rings. The van der Waals surface area contributed by atoms with Crippen molar-refractivity contribution in [2.75, 3.05) is 20.8 Å². The highest BCUT2D eigenvalue weighted by Crippen LogP contribution is 2.30. The number of ether oxygens (including phenoxy) is 1. The van der Waals surface area contributed by atoms with E-state index >= 15 is 0 Å². The fourth-order valence-electron chi connectivity index (χ4n) is 1.18. The number of nitrogens with one attached hydrogen (secondary N) is 2. The fourth-order valence-corrected chi connectivity index (χ4v) is 1.67. The molecule has 0 radical (unpaired) electrons. The first-order valence-electron chi connectivity index (χ1n) is 4.56. The highest BCUT2D eigenvalue weighted by molar-refractivity contribution is 6.34. The largest absolute Gasteiger partial charge is 0.495 e. The lowest BCUT2D eigenvalue weighted by molar-refractivity contribution is 0.415. The summed E-state index contributed by atoms with van der Waals surface area (Å²) >= 11 is 12.0. The van der Waals surface area contributed by atoms with E-state index in [4.69, 9.17) is 27.9 Å². The molecule has 0 aromatic heterocycles. The summed E-state index contributed by atoms with van der Waals surface area (Å²) < 4.78 is 5.06. The van der Waals surface area contributed by atoms with Crippen LogP contribution in [-0.2, 0) is 6.54 Å². The predicted molar refractivity (Wildman–Crippen MR) is 63.8 cm³/mol. The van der Waals surface area contributed by atoms with Gasteiger partial charge in [0.25, 0.3) is 0 Å². The Morgan fingerprint density at radius 2 is 2.00 bits per heavy atom. The molecule has 0 fully saturated rings. The van der Waals surface area contributed by atoms with Crippen LogP contribution in [0.1, 0.15) is 5.56 Å². The third-order valence-electron chi connectivity index (χ3n) is 1.94. The minimum atomic E-state index is 0.572. The maximum atomic E-state index is 6.06. The SMILES string of the molecule is CNCNCc1cc(Cl)c(OC)cc1Cl. The molecule has 0 atom stereocenters. The first-order valence-corrected chi connectivity index (χ1v) is 5.32. The van der Waals surface area contributed by atoms with Crippen LogP contribution in [0.25, 0.3) is 0 Å². The second-order valence-electron chi connectivity index (χ2n) is 3.04. The summed E-state index contributed by atoms with van der Waals surface area (Å²) in [5.41, 5.74) is 0.956. The van der Waals surface area contributed by atoms with E-state index in [-0.39, 0.29) is 0 Å². The summed E-state index contributed by atoms with van der Waals surface area (Å²) in [5.74, 6) is 0.596. The zero-order chi connectivity index (χ0) is 11.3. The fraction of sp³-hybridized carbons (Fsp3) is 0.400. The van der Waals surface area contributed by atoms with Crippen LogP contribution in [0.15, 0.2) is 12.1 Å². The Hall–Kier alpha value is -0.480. The van der Waals surface area contributed by atoms with E-state index in [1.165, 1.54) is 0 Å². The minimum Gasteiger partial charge on any atom is -0.495 e. The van der Waals surface area contributed by atoms with Crippen LogP contribution in [-0.4, -0.2) is 20.8 Å². The average Bonchev–Trinajstić information content (AvgIpc) is 2.23. The maximum absolute atomic E-state index is 6.06. The van der Waals surface area contributed by atoms with Crippen molar-refractivity contribution in [3.05, 3.63) is 27.7 Å². The second kappa shape index (κ2) is 6.18. The molecule has 5 heteroatoms. The average molecular weight is 249 g/mol. The van der Waals surface area contributed by atoms with Crippen molar-refractivity contribution in [2.24, 2.45) is 0 Å². The van der Waals surface area contributed by atoms with Crippen molar-refractivity contribution in [2.45, 2.75) is 6.54 Å². The molecular formula is C10H14Cl2N2O. The maximum Gasteiger partial charge on any atom is 0.138 e. The standard InChI is InChI=1S/C10H14Cl2N2O/c1-13-6-14-5-7-3-9(12)10(15-2)4-8(7)11/h3-4,13-14H,5-6H2,1-2H3. The molecule has 84 valence electrons. The molecule has 0 bridgehead atoms. The van der Waals surface area contributed by atoms with Gasteiger partial charge in [0.05, 0.1) is 12.1 Å². The number of methoxy groups -OCH3 is 1. The van der Waals surface area contributed by atoms with Gasteiger partial charge < -0.3 is 15.4 Å². The summed E-state index contributed by atoms with van der Waals surface area (Å²) in [6, 6.07) is 3.53.